The highest BCUT2D eigenvalue weighted by Crippen LogP contribution is 2.23. The molecule has 27 heavy (non-hydrogen) atoms. The van der Waals surface area contributed by atoms with Crippen LogP contribution in [-0.4, -0.2) is 33.8 Å². The lowest BCUT2D eigenvalue weighted by Crippen LogP contribution is -2.28. The number of hydrogen-bond donors (Lipinski definition) is 0. The molecule has 0 aliphatic carbocycles. The summed E-state index contributed by atoms with van der Waals surface area (Å²) in [5.74, 6) is 0.146. The van der Waals surface area contributed by atoms with Crippen molar-refractivity contribution in [1.82, 2.24) is 15.1 Å². The van der Waals surface area contributed by atoms with E-state index in [2.05, 4.69) is 22.3 Å². The van der Waals surface area contributed by atoms with Gasteiger partial charge < -0.3 is 9.32 Å². The summed E-state index contributed by atoms with van der Waals surface area (Å²) in [7, 11) is 1.78. The van der Waals surface area contributed by atoms with Crippen LogP contribution in [0.4, 0.5) is 4.39 Å². The van der Waals surface area contributed by atoms with Crippen LogP contribution in [0.15, 0.2) is 52.1 Å². The summed E-state index contributed by atoms with van der Waals surface area (Å²) in [5.41, 5.74) is 4.13. The van der Waals surface area contributed by atoms with E-state index >= 15 is 0 Å². The summed E-state index contributed by atoms with van der Waals surface area (Å²) in [4.78, 5) is 14.1. The van der Waals surface area contributed by atoms with Gasteiger partial charge in [0.2, 0.25) is 11.8 Å². The second kappa shape index (κ2) is 8.35. The maximum atomic E-state index is 13.0. The van der Waals surface area contributed by atoms with E-state index in [4.69, 9.17) is 4.42 Å². The van der Waals surface area contributed by atoms with E-state index in [0.29, 0.717) is 23.2 Å². The molecule has 0 spiro atoms. The van der Waals surface area contributed by atoms with Crippen molar-refractivity contribution < 1.29 is 13.6 Å². The normalized spacial score (nSPS) is 10.8. The highest BCUT2D eigenvalue weighted by Gasteiger charge is 2.15. The molecule has 0 atom stereocenters. The molecule has 5 nitrogen and oxygen atoms in total. The van der Waals surface area contributed by atoms with Crippen LogP contribution in [-0.2, 0) is 11.3 Å². The van der Waals surface area contributed by atoms with Gasteiger partial charge in [-0.1, -0.05) is 35.5 Å². The van der Waals surface area contributed by atoms with Crippen molar-refractivity contribution in [2.75, 3.05) is 12.8 Å². The van der Waals surface area contributed by atoms with Gasteiger partial charge >= 0.3 is 0 Å². The average molecular weight is 385 g/mol. The molecular weight excluding hydrogens is 365 g/mol. The average Bonchev–Trinajstić information content (AvgIpc) is 3.11. The molecule has 1 heterocycles. The first-order chi connectivity index (χ1) is 12.9. The first-order valence-corrected chi connectivity index (χ1v) is 9.43. The minimum atomic E-state index is -0.328. The van der Waals surface area contributed by atoms with Gasteiger partial charge in [0.15, 0.2) is 0 Å². The monoisotopic (exact) mass is 385 g/mol. The highest BCUT2D eigenvalue weighted by atomic mass is 32.2. The Balaban J connectivity index is 1.56. The van der Waals surface area contributed by atoms with E-state index in [1.165, 1.54) is 35.0 Å². The maximum absolute atomic E-state index is 13.0. The standard InChI is InChI=1S/C20H20FN3O2S/c1-13-4-5-16(14(2)10-13)11-24(3)18(25)12-27-20-23-22-19(26-20)15-6-8-17(21)9-7-15/h4-10H,11-12H2,1-3H3. The Morgan fingerprint density at radius 2 is 1.89 bits per heavy atom. The second-order valence-electron chi connectivity index (χ2n) is 6.35. The zero-order valence-corrected chi connectivity index (χ0v) is 16.2. The number of aromatic nitrogens is 2. The number of nitrogens with zero attached hydrogens (tertiary/aromatic N) is 3. The quantitative estimate of drug-likeness (QED) is 0.594. The molecule has 1 aromatic heterocycles. The molecule has 0 radical (unpaired) electrons. The number of hydrogen-bond acceptors (Lipinski definition) is 5. The van der Waals surface area contributed by atoms with E-state index in [-0.39, 0.29) is 17.5 Å². The number of carbonyl (C=O) groups excluding carboxylic acids is 1. The topological polar surface area (TPSA) is 59.2 Å². The second-order valence-corrected chi connectivity index (χ2v) is 7.28. The van der Waals surface area contributed by atoms with Gasteiger partial charge in [-0.15, -0.1) is 10.2 Å². The number of carbonyl (C=O) groups is 1. The van der Waals surface area contributed by atoms with Crippen LogP contribution in [0.25, 0.3) is 11.5 Å². The number of rotatable bonds is 6. The predicted octanol–water partition coefficient (Wildman–Crippen LogP) is 4.24. The fourth-order valence-electron chi connectivity index (χ4n) is 2.58. The van der Waals surface area contributed by atoms with E-state index < -0.39 is 0 Å². The van der Waals surface area contributed by atoms with Crippen molar-refractivity contribution in [3.63, 3.8) is 0 Å². The third kappa shape index (κ3) is 4.95. The first kappa shape index (κ1) is 19.1. The Morgan fingerprint density at radius 3 is 2.59 bits per heavy atom. The van der Waals surface area contributed by atoms with Crippen LogP contribution < -0.4 is 0 Å². The van der Waals surface area contributed by atoms with E-state index in [0.717, 1.165) is 5.56 Å². The van der Waals surface area contributed by atoms with E-state index in [9.17, 15) is 9.18 Å². The van der Waals surface area contributed by atoms with E-state index in [1.807, 2.05) is 19.9 Å². The van der Waals surface area contributed by atoms with Gasteiger partial charge in [-0.3, -0.25) is 4.79 Å². The van der Waals surface area contributed by atoms with Crippen LogP contribution in [0, 0.1) is 19.7 Å². The number of benzene rings is 2. The van der Waals surface area contributed by atoms with Crippen LogP contribution in [0.1, 0.15) is 16.7 Å². The highest BCUT2D eigenvalue weighted by molar-refractivity contribution is 7.99. The Hall–Kier alpha value is -2.67. The van der Waals surface area contributed by atoms with Gasteiger partial charge in [-0.2, -0.15) is 0 Å². The first-order valence-electron chi connectivity index (χ1n) is 8.44. The van der Waals surface area contributed by atoms with Crippen molar-refractivity contribution >= 4 is 17.7 Å². The van der Waals surface area contributed by atoms with Crippen molar-refractivity contribution in [3.8, 4) is 11.5 Å². The number of aryl methyl sites for hydroxylation is 2. The van der Waals surface area contributed by atoms with E-state index in [1.54, 1.807) is 24.1 Å². The van der Waals surface area contributed by atoms with Crippen LogP contribution in [0.5, 0.6) is 0 Å². The molecule has 0 saturated heterocycles. The third-order valence-electron chi connectivity index (χ3n) is 4.15. The zero-order chi connectivity index (χ0) is 19.4. The maximum Gasteiger partial charge on any atom is 0.277 e. The van der Waals surface area contributed by atoms with Crippen LogP contribution >= 0.6 is 11.8 Å². The molecule has 0 N–H and O–H groups in total. The summed E-state index contributed by atoms with van der Waals surface area (Å²) in [6, 6.07) is 12.0. The summed E-state index contributed by atoms with van der Waals surface area (Å²) in [5, 5.41) is 8.19. The number of thioether (sulfide) groups is 1. The van der Waals surface area contributed by atoms with Gasteiger partial charge in [0.25, 0.3) is 5.22 Å². The van der Waals surface area contributed by atoms with Crippen LogP contribution in [0.2, 0.25) is 0 Å². The molecule has 0 unspecified atom stereocenters. The molecule has 140 valence electrons. The lowest BCUT2D eigenvalue weighted by Gasteiger charge is -2.18. The molecule has 3 aromatic rings. The summed E-state index contributed by atoms with van der Waals surface area (Å²) >= 11 is 1.19. The molecule has 0 bridgehead atoms. The molecule has 0 saturated carbocycles. The lowest BCUT2D eigenvalue weighted by atomic mass is 10.1. The predicted molar refractivity (Wildman–Crippen MR) is 103 cm³/mol. The van der Waals surface area contributed by atoms with Crippen molar-refractivity contribution in [2.24, 2.45) is 0 Å². The molecule has 0 aliphatic heterocycles. The molecule has 3 rings (SSSR count). The molecule has 0 fully saturated rings. The Morgan fingerprint density at radius 1 is 1.15 bits per heavy atom. The fourth-order valence-corrected chi connectivity index (χ4v) is 3.28. The van der Waals surface area contributed by atoms with Crippen molar-refractivity contribution in [3.05, 3.63) is 65.0 Å². The minimum absolute atomic E-state index is 0.0264. The van der Waals surface area contributed by atoms with Gasteiger partial charge in [0.05, 0.1) is 5.75 Å². The summed E-state index contributed by atoms with van der Waals surface area (Å²) in [6.07, 6.45) is 0. The summed E-state index contributed by atoms with van der Waals surface area (Å²) in [6.45, 7) is 4.65. The number of halogens is 1. The minimum Gasteiger partial charge on any atom is -0.411 e. The smallest absolute Gasteiger partial charge is 0.277 e. The van der Waals surface area contributed by atoms with Crippen molar-refractivity contribution in [1.29, 1.82) is 0 Å². The zero-order valence-electron chi connectivity index (χ0n) is 15.4. The lowest BCUT2D eigenvalue weighted by molar-refractivity contribution is -0.127. The van der Waals surface area contributed by atoms with Gasteiger partial charge in [0.1, 0.15) is 5.82 Å². The summed E-state index contributed by atoms with van der Waals surface area (Å²) < 4.78 is 18.5. The van der Waals surface area contributed by atoms with Crippen LogP contribution in [0.3, 0.4) is 0 Å². The molecule has 0 aliphatic rings. The molecule has 7 heteroatoms. The SMILES string of the molecule is Cc1ccc(CN(C)C(=O)CSc2nnc(-c3ccc(F)cc3)o2)c(C)c1. The van der Waals surface area contributed by atoms with Gasteiger partial charge in [0, 0.05) is 19.2 Å². The van der Waals surface area contributed by atoms with Gasteiger partial charge in [-0.05, 0) is 49.2 Å². The molecular formula is C20H20FN3O2S. The Kier molecular flexibility index (Phi) is 5.91. The third-order valence-corrected chi connectivity index (χ3v) is 4.95. The fraction of sp³-hybridized carbons (Fsp3) is 0.250. The van der Waals surface area contributed by atoms with Crippen molar-refractivity contribution in [2.45, 2.75) is 25.6 Å². The Bertz CT molecular complexity index is 941. The van der Waals surface area contributed by atoms with Gasteiger partial charge in [-0.25, -0.2) is 4.39 Å². The Labute approximate surface area is 161 Å². The largest absolute Gasteiger partial charge is 0.411 e. The number of amides is 1. The molecule has 2 aromatic carbocycles. The molecule has 1 amide bonds.